The average molecular weight is 477 g/mol. The molecule has 5 rings (SSSR count). The summed E-state index contributed by atoms with van der Waals surface area (Å²) in [6.45, 7) is 3.44. The molecule has 1 saturated heterocycles. The molecule has 2 aromatic carbocycles. The zero-order valence-corrected chi connectivity index (χ0v) is 19.6. The zero-order valence-electron chi connectivity index (χ0n) is 18.8. The van der Waals surface area contributed by atoms with Crippen molar-refractivity contribution in [2.45, 2.75) is 19.8 Å². The highest BCUT2D eigenvalue weighted by Gasteiger charge is 2.29. The van der Waals surface area contributed by atoms with Gasteiger partial charge in [0.2, 0.25) is 5.95 Å². The Morgan fingerprint density at radius 1 is 1.15 bits per heavy atom. The van der Waals surface area contributed by atoms with Crippen LogP contribution in [0, 0.1) is 5.92 Å². The van der Waals surface area contributed by atoms with Crippen LogP contribution >= 0.6 is 11.6 Å². The number of nitrogen functional groups attached to an aromatic ring is 1. The van der Waals surface area contributed by atoms with Gasteiger partial charge in [0.1, 0.15) is 5.82 Å². The molecule has 34 heavy (non-hydrogen) atoms. The molecular weight excluding hydrogens is 452 g/mol. The minimum absolute atomic E-state index is 0.177. The Morgan fingerprint density at radius 2 is 1.91 bits per heavy atom. The fraction of sp³-hybridized carbons (Fsp3) is 0.280. The van der Waals surface area contributed by atoms with Crippen molar-refractivity contribution in [2.24, 2.45) is 5.92 Å². The maximum atomic E-state index is 12.4. The van der Waals surface area contributed by atoms with E-state index in [9.17, 15) is 4.79 Å². The fourth-order valence-electron chi connectivity index (χ4n) is 4.34. The van der Waals surface area contributed by atoms with Crippen molar-refractivity contribution in [1.82, 2.24) is 19.7 Å². The van der Waals surface area contributed by atoms with Crippen LogP contribution < -0.4 is 10.6 Å². The number of nitrogens with zero attached hydrogens (tertiary/aromatic N) is 5. The number of anilines is 2. The van der Waals surface area contributed by atoms with Crippen LogP contribution in [0.2, 0.25) is 5.02 Å². The molecule has 0 unspecified atom stereocenters. The van der Waals surface area contributed by atoms with Gasteiger partial charge in [-0.05, 0) is 44.0 Å². The SMILES string of the molecule is CCOC(=O)[C@H]1CCCN(c2nc(-c3ccc(Cl)cc3)c3c(N)n(-c4ccccc4)nc3n2)C1. The van der Waals surface area contributed by atoms with Gasteiger partial charge in [-0.2, -0.15) is 4.98 Å². The second-order valence-electron chi connectivity index (χ2n) is 8.25. The zero-order chi connectivity index (χ0) is 23.7. The Bertz CT molecular complexity index is 1320. The van der Waals surface area contributed by atoms with Crippen molar-refractivity contribution in [3.63, 3.8) is 0 Å². The minimum atomic E-state index is -0.209. The lowest BCUT2D eigenvalue weighted by Crippen LogP contribution is -2.40. The van der Waals surface area contributed by atoms with Gasteiger partial charge in [-0.1, -0.05) is 41.9 Å². The van der Waals surface area contributed by atoms with Crippen LogP contribution in [-0.4, -0.2) is 45.4 Å². The van der Waals surface area contributed by atoms with E-state index in [-0.39, 0.29) is 11.9 Å². The number of hydrogen-bond donors (Lipinski definition) is 1. The van der Waals surface area contributed by atoms with Crippen LogP contribution in [0.4, 0.5) is 11.8 Å². The molecule has 174 valence electrons. The summed E-state index contributed by atoms with van der Waals surface area (Å²) in [6, 6.07) is 17.1. The average Bonchev–Trinajstić information content (AvgIpc) is 3.21. The van der Waals surface area contributed by atoms with Crippen molar-refractivity contribution >= 4 is 40.4 Å². The number of nitrogens with two attached hydrogens (primary N) is 1. The molecule has 0 bridgehead atoms. The maximum absolute atomic E-state index is 12.4. The second-order valence-corrected chi connectivity index (χ2v) is 8.68. The molecule has 1 fully saturated rings. The Balaban J connectivity index is 1.64. The summed E-state index contributed by atoms with van der Waals surface area (Å²) < 4.78 is 6.94. The first kappa shape index (κ1) is 22.2. The molecule has 8 nitrogen and oxygen atoms in total. The lowest BCUT2D eigenvalue weighted by molar-refractivity contribution is -0.148. The number of rotatable bonds is 5. The number of hydrogen-bond acceptors (Lipinski definition) is 7. The van der Waals surface area contributed by atoms with Gasteiger partial charge >= 0.3 is 5.97 Å². The van der Waals surface area contributed by atoms with Gasteiger partial charge < -0.3 is 15.4 Å². The van der Waals surface area contributed by atoms with Crippen molar-refractivity contribution in [1.29, 1.82) is 0 Å². The molecule has 1 aliphatic heterocycles. The van der Waals surface area contributed by atoms with E-state index < -0.39 is 0 Å². The van der Waals surface area contributed by atoms with Gasteiger partial charge in [-0.25, -0.2) is 9.67 Å². The van der Waals surface area contributed by atoms with Gasteiger partial charge in [0.15, 0.2) is 5.65 Å². The normalized spacial score (nSPS) is 16.1. The van der Waals surface area contributed by atoms with Crippen LogP contribution in [0.5, 0.6) is 0 Å². The van der Waals surface area contributed by atoms with Crippen LogP contribution in [-0.2, 0) is 9.53 Å². The van der Waals surface area contributed by atoms with Gasteiger partial charge in [-0.15, -0.1) is 5.10 Å². The number of fused-ring (bicyclic) bond motifs is 1. The fourth-order valence-corrected chi connectivity index (χ4v) is 4.46. The summed E-state index contributed by atoms with van der Waals surface area (Å²) in [6.07, 6.45) is 1.64. The van der Waals surface area contributed by atoms with Crippen molar-refractivity contribution in [3.8, 4) is 16.9 Å². The molecule has 2 N–H and O–H groups in total. The molecule has 2 aromatic heterocycles. The molecule has 1 aliphatic rings. The van der Waals surface area contributed by atoms with Gasteiger partial charge in [-0.3, -0.25) is 4.79 Å². The number of aromatic nitrogens is 4. The van der Waals surface area contributed by atoms with E-state index in [1.54, 1.807) is 4.68 Å². The molecule has 0 spiro atoms. The van der Waals surface area contributed by atoms with Crippen LogP contribution in [0.3, 0.4) is 0 Å². The number of carbonyl (C=O) groups excluding carboxylic acids is 1. The van der Waals surface area contributed by atoms with E-state index in [0.717, 1.165) is 30.6 Å². The Hall–Kier alpha value is -3.65. The first-order chi connectivity index (χ1) is 16.5. The number of halogens is 1. The summed E-state index contributed by atoms with van der Waals surface area (Å²) in [5.41, 5.74) is 9.45. The lowest BCUT2D eigenvalue weighted by Gasteiger charge is -2.31. The highest BCUT2D eigenvalue weighted by Crippen LogP contribution is 2.34. The number of para-hydroxylation sites is 1. The topological polar surface area (TPSA) is 99.2 Å². The number of esters is 1. The summed E-state index contributed by atoms with van der Waals surface area (Å²) in [5, 5.41) is 6.03. The van der Waals surface area contributed by atoms with Gasteiger partial charge in [0.05, 0.1) is 29.3 Å². The summed E-state index contributed by atoms with van der Waals surface area (Å²) in [4.78, 5) is 24.1. The molecular formula is C25H25ClN6O2. The Kier molecular flexibility index (Phi) is 6.06. The quantitative estimate of drug-likeness (QED) is 0.423. The van der Waals surface area contributed by atoms with E-state index in [2.05, 4.69) is 0 Å². The maximum Gasteiger partial charge on any atom is 0.310 e. The van der Waals surface area contributed by atoms with Crippen LogP contribution in [0.15, 0.2) is 54.6 Å². The monoisotopic (exact) mass is 476 g/mol. The molecule has 0 saturated carbocycles. The molecule has 1 atom stereocenters. The third-order valence-electron chi connectivity index (χ3n) is 6.00. The smallest absolute Gasteiger partial charge is 0.310 e. The van der Waals surface area contributed by atoms with Gasteiger partial charge in [0, 0.05) is 23.7 Å². The molecule has 4 aromatic rings. The van der Waals surface area contributed by atoms with Crippen molar-refractivity contribution in [3.05, 3.63) is 59.6 Å². The van der Waals surface area contributed by atoms with Crippen molar-refractivity contribution < 1.29 is 9.53 Å². The standard InChI is InChI=1S/C25H25ClN6O2/c1-2-34-24(33)17-7-6-14-31(15-17)25-28-21(16-10-12-18(26)13-11-16)20-22(27)32(30-23(20)29-25)19-8-4-3-5-9-19/h3-5,8-13,17H,2,6-7,14-15,27H2,1H3/t17-/m0/s1. The highest BCUT2D eigenvalue weighted by atomic mass is 35.5. The molecule has 9 heteroatoms. The second kappa shape index (κ2) is 9.30. The minimum Gasteiger partial charge on any atom is -0.466 e. The van der Waals surface area contributed by atoms with Crippen LogP contribution in [0.25, 0.3) is 28.0 Å². The van der Waals surface area contributed by atoms with E-state index >= 15 is 0 Å². The predicted octanol–water partition coefficient (Wildman–Crippen LogP) is 4.50. The van der Waals surface area contributed by atoms with E-state index in [4.69, 9.17) is 37.1 Å². The largest absolute Gasteiger partial charge is 0.466 e. The van der Waals surface area contributed by atoms with E-state index in [0.29, 0.717) is 46.7 Å². The van der Waals surface area contributed by atoms with Crippen molar-refractivity contribution in [2.75, 3.05) is 30.3 Å². The first-order valence-corrected chi connectivity index (χ1v) is 11.7. The summed E-state index contributed by atoms with van der Waals surface area (Å²) in [7, 11) is 0. The summed E-state index contributed by atoms with van der Waals surface area (Å²) in [5.74, 6) is 0.590. The molecule has 0 aliphatic carbocycles. The number of benzene rings is 2. The number of carbonyl (C=O) groups is 1. The predicted molar refractivity (Wildman–Crippen MR) is 133 cm³/mol. The van der Waals surface area contributed by atoms with E-state index in [1.165, 1.54) is 0 Å². The highest BCUT2D eigenvalue weighted by molar-refractivity contribution is 6.30. The molecule has 0 amide bonds. The van der Waals surface area contributed by atoms with Crippen LogP contribution in [0.1, 0.15) is 19.8 Å². The summed E-state index contributed by atoms with van der Waals surface area (Å²) >= 11 is 6.13. The molecule has 3 heterocycles. The number of ether oxygens (including phenoxy) is 1. The van der Waals surface area contributed by atoms with Gasteiger partial charge in [0.25, 0.3) is 0 Å². The Labute approximate surface area is 202 Å². The third-order valence-corrected chi connectivity index (χ3v) is 6.25. The number of piperidine rings is 1. The molecule has 0 radical (unpaired) electrons. The van der Waals surface area contributed by atoms with E-state index in [1.807, 2.05) is 66.4 Å². The lowest BCUT2D eigenvalue weighted by atomic mass is 9.98. The first-order valence-electron chi connectivity index (χ1n) is 11.3. The Morgan fingerprint density at radius 3 is 2.65 bits per heavy atom. The third kappa shape index (κ3) is 4.17.